The van der Waals surface area contributed by atoms with E-state index in [1.54, 1.807) is 7.05 Å². The predicted molar refractivity (Wildman–Crippen MR) is 86.7 cm³/mol. The molecule has 1 aromatic heterocycles. The van der Waals surface area contributed by atoms with Crippen molar-refractivity contribution in [2.75, 3.05) is 32.9 Å². The standard InChI is InChI=1S/C15H25N3O3S/c1-11-9-14(12(2)16-11)15(19)10-18-7-5-13(6-8-18)17(3)22(4,20)21/h9,13,16H,5-8,10H2,1-4H3. The molecule has 1 fully saturated rings. The molecule has 124 valence electrons. The van der Waals surface area contributed by atoms with E-state index in [9.17, 15) is 13.2 Å². The number of Topliss-reactive ketones (excluding diaryl/α,β-unsaturated/α-hetero) is 1. The molecule has 1 aromatic rings. The Morgan fingerprint density at radius 1 is 1.36 bits per heavy atom. The van der Waals surface area contributed by atoms with E-state index in [0.717, 1.165) is 42.9 Å². The number of ketones is 1. The number of hydrogen-bond acceptors (Lipinski definition) is 4. The number of likely N-dealkylation sites (tertiary alicyclic amines) is 1. The highest BCUT2D eigenvalue weighted by molar-refractivity contribution is 7.88. The topological polar surface area (TPSA) is 73.5 Å². The Balaban J connectivity index is 1.90. The first-order chi connectivity index (χ1) is 10.2. The van der Waals surface area contributed by atoms with Crippen molar-refractivity contribution in [2.24, 2.45) is 0 Å². The number of carbonyl (C=O) groups excluding carboxylic acids is 1. The number of nitrogens with one attached hydrogen (secondary N) is 1. The summed E-state index contributed by atoms with van der Waals surface area (Å²) in [5.41, 5.74) is 2.66. The van der Waals surface area contributed by atoms with Crippen LogP contribution in [0.3, 0.4) is 0 Å². The molecule has 0 atom stereocenters. The molecule has 22 heavy (non-hydrogen) atoms. The van der Waals surface area contributed by atoms with Crippen LogP contribution in [0.1, 0.15) is 34.6 Å². The van der Waals surface area contributed by atoms with Crippen molar-refractivity contribution in [3.8, 4) is 0 Å². The second-order valence-electron chi connectivity index (χ2n) is 6.20. The summed E-state index contributed by atoms with van der Waals surface area (Å²) in [6.07, 6.45) is 2.77. The van der Waals surface area contributed by atoms with Crippen LogP contribution in [-0.4, -0.2) is 67.4 Å². The van der Waals surface area contributed by atoms with Crippen LogP contribution < -0.4 is 0 Å². The van der Waals surface area contributed by atoms with Gasteiger partial charge in [-0.25, -0.2) is 12.7 Å². The molecule has 0 saturated carbocycles. The molecule has 0 aromatic carbocycles. The lowest BCUT2D eigenvalue weighted by Gasteiger charge is -2.35. The molecule has 1 aliphatic heterocycles. The maximum Gasteiger partial charge on any atom is 0.211 e. The third-order valence-electron chi connectivity index (χ3n) is 4.41. The smallest absolute Gasteiger partial charge is 0.211 e. The minimum absolute atomic E-state index is 0.0394. The number of hydrogen-bond donors (Lipinski definition) is 1. The molecule has 6 nitrogen and oxygen atoms in total. The summed E-state index contributed by atoms with van der Waals surface area (Å²) >= 11 is 0. The van der Waals surface area contributed by atoms with Crippen molar-refractivity contribution in [3.05, 3.63) is 23.0 Å². The Labute approximate surface area is 132 Å². The van der Waals surface area contributed by atoms with Gasteiger partial charge in [-0.15, -0.1) is 0 Å². The molecule has 2 heterocycles. The zero-order valence-electron chi connectivity index (χ0n) is 13.7. The summed E-state index contributed by atoms with van der Waals surface area (Å²) in [6.45, 7) is 5.74. The quantitative estimate of drug-likeness (QED) is 0.824. The predicted octanol–water partition coefficient (Wildman–Crippen LogP) is 1.17. The van der Waals surface area contributed by atoms with Gasteiger partial charge in [0.15, 0.2) is 5.78 Å². The highest BCUT2D eigenvalue weighted by atomic mass is 32.2. The average molecular weight is 327 g/mol. The fourth-order valence-electron chi connectivity index (χ4n) is 3.01. The van der Waals surface area contributed by atoms with Gasteiger partial charge in [0, 0.05) is 43.1 Å². The fraction of sp³-hybridized carbons (Fsp3) is 0.667. The second-order valence-corrected chi connectivity index (χ2v) is 8.24. The number of aryl methyl sites for hydroxylation is 2. The monoisotopic (exact) mass is 327 g/mol. The third-order valence-corrected chi connectivity index (χ3v) is 5.76. The molecule has 1 N–H and O–H groups in total. The average Bonchev–Trinajstić information content (AvgIpc) is 2.77. The van der Waals surface area contributed by atoms with Gasteiger partial charge in [0.25, 0.3) is 0 Å². The van der Waals surface area contributed by atoms with E-state index in [-0.39, 0.29) is 11.8 Å². The van der Waals surface area contributed by atoms with E-state index in [1.807, 2.05) is 19.9 Å². The maximum atomic E-state index is 12.4. The Hall–Kier alpha value is -1.18. The number of nitrogens with zero attached hydrogens (tertiary/aromatic N) is 2. The SMILES string of the molecule is Cc1cc(C(=O)CN2CCC(N(C)S(C)(=O)=O)CC2)c(C)[nH]1. The number of piperidine rings is 1. The minimum Gasteiger partial charge on any atom is -0.362 e. The summed E-state index contributed by atoms with van der Waals surface area (Å²) in [4.78, 5) is 17.6. The first kappa shape index (κ1) is 17.2. The zero-order chi connectivity index (χ0) is 16.5. The molecular formula is C15H25N3O3S. The number of H-pyrrole nitrogens is 1. The number of rotatable bonds is 5. The second kappa shape index (κ2) is 6.52. The van der Waals surface area contributed by atoms with E-state index in [1.165, 1.54) is 10.6 Å². The van der Waals surface area contributed by atoms with Crippen LogP contribution in [0.25, 0.3) is 0 Å². The summed E-state index contributed by atoms with van der Waals surface area (Å²) in [5.74, 6) is 0.122. The first-order valence-corrected chi connectivity index (χ1v) is 9.38. The number of sulfonamides is 1. The number of aromatic nitrogens is 1. The molecule has 0 amide bonds. The molecule has 7 heteroatoms. The van der Waals surface area contributed by atoms with E-state index >= 15 is 0 Å². The van der Waals surface area contributed by atoms with Crippen LogP contribution in [0.5, 0.6) is 0 Å². The van der Waals surface area contributed by atoms with E-state index < -0.39 is 10.0 Å². The van der Waals surface area contributed by atoms with Gasteiger partial charge in [-0.05, 0) is 32.8 Å². The third kappa shape index (κ3) is 3.97. The van der Waals surface area contributed by atoms with Crippen LogP contribution in [0.15, 0.2) is 6.07 Å². The molecular weight excluding hydrogens is 302 g/mol. The van der Waals surface area contributed by atoms with Crippen LogP contribution in [0.4, 0.5) is 0 Å². The number of aromatic amines is 1. The van der Waals surface area contributed by atoms with Crippen LogP contribution in [0, 0.1) is 13.8 Å². The van der Waals surface area contributed by atoms with Crippen molar-refractivity contribution in [3.63, 3.8) is 0 Å². The van der Waals surface area contributed by atoms with Gasteiger partial charge in [0.2, 0.25) is 10.0 Å². The Morgan fingerprint density at radius 2 is 1.95 bits per heavy atom. The summed E-state index contributed by atoms with van der Waals surface area (Å²) in [7, 11) is -1.51. The molecule has 0 spiro atoms. The van der Waals surface area contributed by atoms with Crippen molar-refractivity contribution < 1.29 is 13.2 Å². The van der Waals surface area contributed by atoms with E-state index in [2.05, 4.69) is 9.88 Å². The Morgan fingerprint density at radius 3 is 2.41 bits per heavy atom. The normalized spacial score (nSPS) is 18.0. The lowest BCUT2D eigenvalue weighted by Crippen LogP contribution is -2.46. The molecule has 0 aliphatic carbocycles. The zero-order valence-corrected chi connectivity index (χ0v) is 14.5. The minimum atomic E-state index is -3.15. The summed E-state index contributed by atoms with van der Waals surface area (Å²) in [5, 5.41) is 0. The van der Waals surface area contributed by atoms with Crippen molar-refractivity contribution in [2.45, 2.75) is 32.7 Å². The van der Waals surface area contributed by atoms with E-state index in [0.29, 0.717) is 6.54 Å². The molecule has 2 rings (SSSR count). The molecule has 0 bridgehead atoms. The lowest BCUT2D eigenvalue weighted by molar-refractivity contribution is 0.0890. The highest BCUT2D eigenvalue weighted by Gasteiger charge is 2.28. The van der Waals surface area contributed by atoms with Gasteiger partial charge >= 0.3 is 0 Å². The highest BCUT2D eigenvalue weighted by Crippen LogP contribution is 2.18. The number of carbonyl (C=O) groups is 1. The summed E-state index contributed by atoms with van der Waals surface area (Å²) < 4.78 is 24.6. The van der Waals surface area contributed by atoms with Crippen LogP contribution in [-0.2, 0) is 10.0 Å². The lowest BCUT2D eigenvalue weighted by atomic mass is 10.0. The van der Waals surface area contributed by atoms with E-state index in [4.69, 9.17) is 0 Å². The molecule has 1 saturated heterocycles. The van der Waals surface area contributed by atoms with Gasteiger partial charge in [0.05, 0.1) is 12.8 Å². The van der Waals surface area contributed by atoms with Crippen LogP contribution >= 0.6 is 0 Å². The van der Waals surface area contributed by atoms with Gasteiger partial charge in [-0.3, -0.25) is 9.69 Å². The largest absolute Gasteiger partial charge is 0.362 e. The molecule has 0 radical (unpaired) electrons. The van der Waals surface area contributed by atoms with Crippen molar-refractivity contribution in [1.29, 1.82) is 0 Å². The summed E-state index contributed by atoms with van der Waals surface area (Å²) in [6, 6.07) is 1.93. The molecule has 0 unspecified atom stereocenters. The van der Waals surface area contributed by atoms with Crippen molar-refractivity contribution in [1.82, 2.24) is 14.2 Å². The van der Waals surface area contributed by atoms with Gasteiger partial charge in [-0.1, -0.05) is 0 Å². The fourth-order valence-corrected chi connectivity index (χ4v) is 3.77. The Bertz CT molecular complexity index is 643. The first-order valence-electron chi connectivity index (χ1n) is 7.53. The van der Waals surface area contributed by atoms with Gasteiger partial charge < -0.3 is 4.98 Å². The molecule has 1 aliphatic rings. The van der Waals surface area contributed by atoms with Gasteiger partial charge in [-0.2, -0.15) is 0 Å². The van der Waals surface area contributed by atoms with Crippen molar-refractivity contribution >= 4 is 15.8 Å². The Kier molecular flexibility index (Phi) is 5.09. The van der Waals surface area contributed by atoms with Gasteiger partial charge in [0.1, 0.15) is 0 Å². The van der Waals surface area contributed by atoms with Crippen LogP contribution in [0.2, 0.25) is 0 Å². The maximum absolute atomic E-state index is 12.4.